The van der Waals surface area contributed by atoms with Crippen LogP contribution in [0.2, 0.25) is 0 Å². The largest absolute Gasteiger partial charge is 0.379 e. The molecule has 1 fully saturated rings. The number of nitrogens with zero attached hydrogens (tertiary/aromatic N) is 2. The monoisotopic (exact) mass is 474 g/mol. The van der Waals surface area contributed by atoms with Gasteiger partial charge >= 0.3 is 0 Å². The molecule has 0 aliphatic carbocycles. The molecule has 6 heteroatoms. The summed E-state index contributed by atoms with van der Waals surface area (Å²) in [5.41, 5.74) is 2.64. The van der Waals surface area contributed by atoms with Crippen molar-refractivity contribution in [3.63, 3.8) is 0 Å². The average Bonchev–Trinajstić information content (AvgIpc) is 2.66. The smallest absolute Gasteiger partial charge is 0.191 e. The zero-order chi connectivity index (χ0) is 17.7. The minimum Gasteiger partial charge on any atom is -0.379 e. The van der Waals surface area contributed by atoms with Crippen LogP contribution in [0.1, 0.15) is 43.7 Å². The van der Waals surface area contributed by atoms with Gasteiger partial charge in [-0.15, -0.1) is 24.0 Å². The first-order valence-electron chi connectivity index (χ1n) is 9.64. The fourth-order valence-electron chi connectivity index (χ4n) is 2.94. The number of rotatable bonds is 9. The van der Waals surface area contributed by atoms with Crippen LogP contribution in [0.15, 0.2) is 29.3 Å². The Labute approximate surface area is 176 Å². The third-order valence-electron chi connectivity index (χ3n) is 4.54. The normalized spacial score (nSPS) is 15.4. The quantitative estimate of drug-likeness (QED) is 0.250. The molecule has 1 aliphatic rings. The molecule has 1 aliphatic heterocycles. The molecule has 2 rings (SSSR count). The highest BCUT2D eigenvalue weighted by molar-refractivity contribution is 14.0. The molecule has 1 saturated heterocycles. The van der Waals surface area contributed by atoms with E-state index in [0.717, 1.165) is 51.9 Å². The summed E-state index contributed by atoms with van der Waals surface area (Å²) in [5, 5.41) is 6.77. The van der Waals surface area contributed by atoms with Crippen LogP contribution in [0.3, 0.4) is 0 Å². The second kappa shape index (κ2) is 14.2. The van der Waals surface area contributed by atoms with Crippen LogP contribution in [-0.2, 0) is 17.8 Å². The molecule has 0 spiro atoms. The lowest BCUT2D eigenvalue weighted by Gasteiger charge is -2.26. The highest BCUT2D eigenvalue weighted by Crippen LogP contribution is 2.09. The molecule has 0 saturated carbocycles. The summed E-state index contributed by atoms with van der Waals surface area (Å²) in [6.07, 6.45) is 5.06. The van der Waals surface area contributed by atoms with Crippen LogP contribution in [-0.4, -0.2) is 50.8 Å². The van der Waals surface area contributed by atoms with Gasteiger partial charge in [0.25, 0.3) is 0 Å². The SMILES string of the molecule is CCCCCCNC(=NC)NCc1ccc(CN2CCOCC2)cc1.I. The fourth-order valence-corrected chi connectivity index (χ4v) is 2.94. The van der Waals surface area contributed by atoms with E-state index < -0.39 is 0 Å². The Morgan fingerprint density at radius 2 is 1.73 bits per heavy atom. The van der Waals surface area contributed by atoms with Gasteiger partial charge in [-0.3, -0.25) is 9.89 Å². The Balaban J connectivity index is 0.00000338. The van der Waals surface area contributed by atoms with E-state index in [-0.39, 0.29) is 24.0 Å². The van der Waals surface area contributed by atoms with E-state index in [1.807, 2.05) is 7.05 Å². The van der Waals surface area contributed by atoms with Crippen molar-refractivity contribution in [1.82, 2.24) is 15.5 Å². The maximum absolute atomic E-state index is 5.40. The molecule has 0 bridgehead atoms. The first-order chi connectivity index (χ1) is 12.3. The van der Waals surface area contributed by atoms with E-state index in [1.165, 1.54) is 36.8 Å². The standard InChI is InChI=1S/C20H34N4O.HI/c1-3-4-5-6-11-22-20(21-2)23-16-18-7-9-19(10-8-18)17-24-12-14-25-15-13-24;/h7-10H,3-6,11-17H2,1-2H3,(H2,21,22,23);1H. The van der Waals surface area contributed by atoms with Crippen LogP contribution in [0.25, 0.3) is 0 Å². The Morgan fingerprint density at radius 1 is 1.04 bits per heavy atom. The summed E-state index contributed by atoms with van der Waals surface area (Å²) in [6, 6.07) is 8.87. The Kier molecular flexibility index (Phi) is 12.7. The van der Waals surface area contributed by atoms with Gasteiger partial charge in [-0.05, 0) is 17.5 Å². The van der Waals surface area contributed by atoms with Crippen molar-refractivity contribution in [2.75, 3.05) is 39.9 Å². The molecule has 148 valence electrons. The Morgan fingerprint density at radius 3 is 2.38 bits per heavy atom. The van der Waals surface area contributed by atoms with E-state index in [9.17, 15) is 0 Å². The Hall–Kier alpha value is -0.860. The maximum atomic E-state index is 5.40. The summed E-state index contributed by atoms with van der Waals surface area (Å²) in [6.45, 7) is 8.80. The number of nitrogens with one attached hydrogen (secondary N) is 2. The van der Waals surface area contributed by atoms with Gasteiger partial charge < -0.3 is 15.4 Å². The van der Waals surface area contributed by atoms with Crippen molar-refractivity contribution in [2.24, 2.45) is 4.99 Å². The van der Waals surface area contributed by atoms with E-state index >= 15 is 0 Å². The summed E-state index contributed by atoms with van der Waals surface area (Å²) in [5.74, 6) is 0.883. The number of guanidine groups is 1. The molecule has 1 aromatic rings. The van der Waals surface area contributed by atoms with Crippen LogP contribution in [0.5, 0.6) is 0 Å². The maximum Gasteiger partial charge on any atom is 0.191 e. The van der Waals surface area contributed by atoms with E-state index in [0.29, 0.717) is 0 Å². The van der Waals surface area contributed by atoms with Crippen LogP contribution in [0.4, 0.5) is 0 Å². The van der Waals surface area contributed by atoms with Crippen molar-refractivity contribution >= 4 is 29.9 Å². The number of unbranched alkanes of at least 4 members (excludes halogenated alkanes) is 3. The number of benzene rings is 1. The van der Waals surface area contributed by atoms with Gasteiger partial charge in [0.2, 0.25) is 0 Å². The number of halogens is 1. The third-order valence-corrected chi connectivity index (χ3v) is 4.54. The zero-order valence-corrected chi connectivity index (χ0v) is 18.6. The molecule has 1 heterocycles. The molecular formula is C20H35IN4O. The molecule has 2 N–H and O–H groups in total. The van der Waals surface area contributed by atoms with Crippen molar-refractivity contribution < 1.29 is 4.74 Å². The summed E-state index contributed by atoms with van der Waals surface area (Å²) in [7, 11) is 1.83. The number of morpholine rings is 1. The summed E-state index contributed by atoms with van der Waals surface area (Å²) >= 11 is 0. The number of aliphatic imine (C=N–C) groups is 1. The van der Waals surface area contributed by atoms with Gasteiger partial charge in [-0.25, -0.2) is 0 Å². The molecule has 0 unspecified atom stereocenters. The molecule has 0 amide bonds. The number of hydrogen-bond acceptors (Lipinski definition) is 3. The molecular weight excluding hydrogens is 439 g/mol. The highest BCUT2D eigenvalue weighted by Gasteiger charge is 2.10. The summed E-state index contributed by atoms with van der Waals surface area (Å²) in [4.78, 5) is 6.74. The zero-order valence-electron chi connectivity index (χ0n) is 16.3. The van der Waals surface area contributed by atoms with Crippen molar-refractivity contribution in [2.45, 2.75) is 45.7 Å². The van der Waals surface area contributed by atoms with Crippen molar-refractivity contribution in [3.05, 3.63) is 35.4 Å². The molecule has 0 aromatic heterocycles. The van der Waals surface area contributed by atoms with E-state index in [4.69, 9.17) is 4.74 Å². The molecule has 1 aromatic carbocycles. The van der Waals surface area contributed by atoms with Crippen molar-refractivity contribution in [1.29, 1.82) is 0 Å². The van der Waals surface area contributed by atoms with Gasteiger partial charge in [0, 0.05) is 39.8 Å². The lowest BCUT2D eigenvalue weighted by Crippen LogP contribution is -2.37. The van der Waals surface area contributed by atoms with Gasteiger partial charge in [0.1, 0.15) is 0 Å². The second-order valence-electron chi connectivity index (χ2n) is 6.62. The van der Waals surface area contributed by atoms with Crippen molar-refractivity contribution in [3.8, 4) is 0 Å². The predicted octanol–water partition coefficient (Wildman–Crippen LogP) is 3.38. The molecule has 26 heavy (non-hydrogen) atoms. The van der Waals surface area contributed by atoms with Gasteiger partial charge in [-0.1, -0.05) is 50.5 Å². The van der Waals surface area contributed by atoms with Gasteiger partial charge in [0.05, 0.1) is 13.2 Å². The average molecular weight is 474 g/mol. The predicted molar refractivity (Wildman–Crippen MR) is 120 cm³/mol. The number of ether oxygens (including phenoxy) is 1. The third kappa shape index (κ3) is 9.19. The fraction of sp³-hybridized carbons (Fsp3) is 0.650. The first-order valence-corrected chi connectivity index (χ1v) is 9.64. The first kappa shape index (κ1) is 23.2. The van der Waals surface area contributed by atoms with Gasteiger partial charge in [-0.2, -0.15) is 0 Å². The lowest BCUT2D eigenvalue weighted by atomic mass is 10.1. The van der Waals surface area contributed by atoms with Crippen LogP contribution in [0, 0.1) is 0 Å². The molecule has 0 radical (unpaired) electrons. The van der Waals surface area contributed by atoms with Crippen LogP contribution < -0.4 is 10.6 Å². The Bertz CT molecular complexity index is 501. The summed E-state index contributed by atoms with van der Waals surface area (Å²) < 4.78 is 5.40. The molecule has 0 atom stereocenters. The lowest BCUT2D eigenvalue weighted by molar-refractivity contribution is 0.0342. The number of hydrogen-bond donors (Lipinski definition) is 2. The van der Waals surface area contributed by atoms with Gasteiger partial charge in [0.15, 0.2) is 5.96 Å². The minimum atomic E-state index is 0. The topological polar surface area (TPSA) is 48.9 Å². The molecule has 5 nitrogen and oxygen atoms in total. The van der Waals surface area contributed by atoms with E-state index in [2.05, 4.69) is 51.7 Å². The van der Waals surface area contributed by atoms with E-state index in [1.54, 1.807) is 0 Å². The minimum absolute atomic E-state index is 0. The van der Waals surface area contributed by atoms with Crippen LogP contribution >= 0.6 is 24.0 Å². The second-order valence-corrected chi connectivity index (χ2v) is 6.62. The highest BCUT2D eigenvalue weighted by atomic mass is 127.